The van der Waals surface area contributed by atoms with Crippen LogP contribution in [0, 0.1) is 46.3 Å². The quantitative estimate of drug-likeness (QED) is 0.511. The second kappa shape index (κ2) is 9.73. The van der Waals surface area contributed by atoms with Gasteiger partial charge in [0.25, 0.3) is 0 Å². The zero-order chi connectivity index (χ0) is 20.5. The Morgan fingerprint density at radius 1 is 0.931 bits per heavy atom. The smallest absolute Gasteiger partial charge is 0.303 e. The molecule has 4 saturated carbocycles. The fourth-order valence-corrected chi connectivity index (χ4v) is 8.82. The van der Waals surface area contributed by atoms with Crippen LogP contribution in [0.5, 0.6) is 0 Å². The van der Waals surface area contributed by atoms with Crippen LogP contribution in [0.25, 0.3) is 0 Å². The van der Waals surface area contributed by atoms with E-state index in [0.717, 1.165) is 36.0 Å². The highest BCUT2D eigenvalue weighted by Crippen LogP contribution is 2.68. The van der Waals surface area contributed by atoms with Crippen molar-refractivity contribution in [3.05, 3.63) is 0 Å². The maximum Gasteiger partial charge on any atom is 0.303 e. The van der Waals surface area contributed by atoms with E-state index in [1.165, 1.54) is 64.2 Å². The van der Waals surface area contributed by atoms with Crippen molar-refractivity contribution in [3.63, 3.8) is 0 Å². The normalized spacial score (nSPS) is 44.1. The molecule has 4 fully saturated rings. The third-order valence-corrected chi connectivity index (χ3v) is 10.2. The second-order valence-electron chi connectivity index (χ2n) is 11.0. The lowest BCUT2D eigenvalue weighted by atomic mass is 9.44. The average molecular weight is 407 g/mol. The summed E-state index contributed by atoms with van der Waals surface area (Å²) >= 11 is 0. The summed E-state index contributed by atoms with van der Waals surface area (Å²) in [5.41, 5.74) is 1.12. The van der Waals surface area contributed by atoms with Crippen LogP contribution in [0.1, 0.15) is 119 Å². The number of carbonyl (C=O) groups is 1. The van der Waals surface area contributed by atoms with Gasteiger partial charge >= 0.3 is 5.97 Å². The van der Waals surface area contributed by atoms with Gasteiger partial charge in [-0.1, -0.05) is 54.9 Å². The van der Waals surface area contributed by atoms with Gasteiger partial charge in [-0.15, -0.1) is 0 Å². The van der Waals surface area contributed by atoms with Gasteiger partial charge < -0.3 is 5.11 Å². The van der Waals surface area contributed by atoms with Crippen molar-refractivity contribution in [1.82, 2.24) is 0 Å². The molecule has 8 atom stereocenters. The van der Waals surface area contributed by atoms with E-state index in [2.05, 4.69) is 20.8 Å². The van der Waals surface area contributed by atoms with Gasteiger partial charge in [0.1, 0.15) is 0 Å². The predicted molar refractivity (Wildman–Crippen MR) is 124 cm³/mol. The van der Waals surface area contributed by atoms with Gasteiger partial charge in [-0.25, -0.2) is 0 Å². The summed E-state index contributed by atoms with van der Waals surface area (Å²) in [6.45, 7) is 11.6. The van der Waals surface area contributed by atoms with E-state index < -0.39 is 5.97 Å². The minimum atomic E-state index is -0.621. The molecule has 0 radical (unpaired) electrons. The first-order valence-corrected chi connectivity index (χ1v) is 12.6. The van der Waals surface area contributed by atoms with Gasteiger partial charge in [-0.2, -0.15) is 0 Å². The lowest BCUT2D eigenvalue weighted by molar-refractivity contribution is -0.137. The van der Waals surface area contributed by atoms with Crippen molar-refractivity contribution < 1.29 is 9.90 Å². The minimum absolute atomic E-state index is 0. The van der Waals surface area contributed by atoms with Crippen LogP contribution in [0.15, 0.2) is 0 Å². The van der Waals surface area contributed by atoms with Crippen LogP contribution < -0.4 is 0 Å². The highest BCUT2D eigenvalue weighted by molar-refractivity contribution is 5.66. The van der Waals surface area contributed by atoms with E-state index >= 15 is 0 Å². The maximum atomic E-state index is 11.0. The van der Waals surface area contributed by atoms with Crippen molar-refractivity contribution in [2.45, 2.75) is 119 Å². The SMILES string of the molecule is C.CC.C[C@H](CCC(=O)O)[C@H]1CCC2C3CCC4CCCCC4(C)C3CCC21C. The van der Waals surface area contributed by atoms with Crippen molar-refractivity contribution in [2.24, 2.45) is 46.3 Å². The summed E-state index contributed by atoms with van der Waals surface area (Å²) in [5.74, 6) is 4.57. The Kier molecular flexibility index (Phi) is 8.30. The number of aliphatic carboxylic acids is 1. The number of carboxylic acids is 1. The molecular weight excluding hydrogens is 356 g/mol. The molecule has 170 valence electrons. The van der Waals surface area contributed by atoms with E-state index in [1.807, 2.05) is 13.8 Å². The van der Waals surface area contributed by atoms with E-state index in [1.54, 1.807) is 0 Å². The molecule has 29 heavy (non-hydrogen) atoms. The Morgan fingerprint density at radius 2 is 1.62 bits per heavy atom. The van der Waals surface area contributed by atoms with E-state index in [-0.39, 0.29) is 7.43 Å². The largest absolute Gasteiger partial charge is 0.481 e. The van der Waals surface area contributed by atoms with Crippen LogP contribution in [0.4, 0.5) is 0 Å². The lowest BCUT2D eigenvalue weighted by Gasteiger charge is -2.61. The molecule has 6 unspecified atom stereocenters. The summed E-state index contributed by atoms with van der Waals surface area (Å²) in [6, 6.07) is 0. The Balaban J connectivity index is 0.000000970. The van der Waals surface area contributed by atoms with E-state index in [9.17, 15) is 4.79 Å². The molecule has 0 spiro atoms. The maximum absolute atomic E-state index is 11.0. The number of hydrogen-bond donors (Lipinski definition) is 1. The Morgan fingerprint density at radius 3 is 2.31 bits per heavy atom. The molecule has 1 N–H and O–H groups in total. The Hall–Kier alpha value is -0.530. The number of rotatable bonds is 4. The van der Waals surface area contributed by atoms with E-state index in [4.69, 9.17) is 5.11 Å². The molecule has 0 heterocycles. The van der Waals surface area contributed by atoms with Crippen molar-refractivity contribution >= 4 is 5.97 Å². The highest BCUT2D eigenvalue weighted by atomic mass is 16.4. The van der Waals surface area contributed by atoms with Gasteiger partial charge in [-0.05, 0) is 104 Å². The van der Waals surface area contributed by atoms with Crippen molar-refractivity contribution in [2.75, 3.05) is 0 Å². The standard InChI is InChI=1S/C24H40O2.C2H6.CH4/c1-16(7-12-22(25)26)19-10-11-20-18-9-8-17-6-4-5-14-23(17,2)21(18)13-15-24(19,20)3;1-2;/h16-21H,4-15H2,1-3H3,(H,25,26);1-2H3;1H4/t16-,17?,18?,19-,20?,21?,23?,24?;;/m1../s1. The topological polar surface area (TPSA) is 37.3 Å². The van der Waals surface area contributed by atoms with Gasteiger partial charge in [0.05, 0.1) is 0 Å². The zero-order valence-electron chi connectivity index (χ0n) is 19.3. The molecule has 0 amide bonds. The fraction of sp³-hybridized carbons (Fsp3) is 0.963. The fourth-order valence-electron chi connectivity index (χ4n) is 8.82. The summed E-state index contributed by atoms with van der Waals surface area (Å²) < 4.78 is 0. The van der Waals surface area contributed by atoms with Crippen LogP contribution in [-0.2, 0) is 4.79 Å². The molecule has 4 aliphatic rings. The van der Waals surface area contributed by atoms with Crippen LogP contribution in [0.2, 0.25) is 0 Å². The lowest BCUT2D eigenvalue weighted by Crippen LogP contribution is -2.53. The summed E-state index contributed by atoms with van der Waals surface area (Å²) in [7, 11) is 0. The second-order valence-corrected chi connectivity index (χ2v) is 11.0. The number of carboxylic acid groups (broad SMARTS) is 1. The summed E-state index contributed by atoms with van der Waals surface area (Å²) in [6.07, 6.45) is 15.7. The molecule has 2 nitrogen and oxygen atoms in total. The molecule has 0 saturated heterocycles. The summed E-state index contributed by atoms with van der Waals surface area (Å²) in [5, 5.41) is 9.09. The molecule has 0 aromatic heterocycles. The Bertz CT molecular complexity index is 543. The monoisotopic (exact) mass is 406 g/mol. The first-order valence-electron chi connectivity index (χ1n) is 12.6. The molecule has 0 bridgehead atoms. The molecule has 4 rings (SSSR count). The number of fused-ring (bicyclic) bond motifs is 5. The highest BCUT2D eigenvalue weighted by Gasteiger charge is 2.60. The van der Waals surface area contributed by atoms with Gasteiger partial charge in [0.2, 0.25) is 0 Å². The molecule has 0 aromatic carbocycles. The van der Waals surface area contributed by atoms with Crippen LogP contribution in [0.3, 0.4) is 0 Å². The zero-order valence-corrected chi connectivity index (χ0v) is 19.3. The first-order chi connectivity index (χ1) is 13.4. The molecule has 2 heteroatoms. The molecule has 0 aliphatic heterocycles. The van der Waals surface area contributed by atoms with Gasteiger partial charge in [0, 0.05) is 6.42 Å². The minimum Gasteiger partial charge on any atom is -0.481 e. The summed E-state index contributed by atoms with van der Waals surface area (Å²) in [4.78, 5) is 11.0. The van der Waals surface area contributed by atoms with Crippen molar-refractivity contribution in [1.29, 1.82) is 0 Å². The third kappa shape index (κ3) is 4.29. The first kappa shape index (κ1) is 24.7. The van der Waals surface area contributed by atoms with Crippen LogP contribution in [-0.4, -0.2) is 11.1 Å². The third-order valence-electron chi connectivity index (χ3n) is 10.2. The predicted octanol–water partition coefficient (Wildman–Crippen LogP) is 8.20. The average Bonchev–Trinajstić information content (AvgIpc) is 3.04. The van der Waals surface area contributed by atoms with Crippen molar-refractivity contribution in [3.8, 4) is 0 Å². The van der Waals surface area contributed by atoms with Gasteiger partial charge in [0.15, 0.2) is 0 Å². The molecular formula is C27H50O2. The van der Waals surface area contributed by atoms with Crippen LogP contribution >= 0.6 is 0 Å². The number of hydrogen-bond acceptors (Lipinski definition) is 1. The molecule has 0 aromatic rings. The van der Waals surface area contributed by atoms with E-state index in [0.29, 0.717) is 23.2 Å². The van der Waals surface area contributed by atoms with Gasteiger partial charge in [-0.3, -0.25) is 4.79 Å². The Labute approximate surface area is 181 Å². The molecule has 4 aliphatic carbocycles.